The summed E-state index contributed by atoms with van der Waals surface area (Å²) in [5.41, 5.74) is 1.69. The molecule has 3 atom stereocenters. The fraction of sp³-hybridized carbons (Fsp3) is 0.640. The molecule has 3 fully saturated rings. The molecule has 7 nitrogen and oxygen atoms in total. The van der Waals surface area contributed by atoms with Gasteiger partial charge in [-0.1, -0.05) is 32.4 Å². The Kier molecular flexibility index (Phi) is 6.84. The molecule has 3 heterocycles. The molecule has 0 bridgehead atoms. The molecular weight excluding hydrogens is 404 g/mol. The number of urea groups is 1. The van der Waals surface area contributed by atoms with Crippen molar-refractivity contribution in [2.24, 2.45) is 5.92 Å². The number of imide groups is 1. The van der Waals surface area contributed by atoms with Crippen molar-refractivity contribution in [1.29, 1.82) is 0 Å². The lowest BCUT2D eigenvalue weighted by atomic mass is 9.83. The van der Waals surface area contributed by atoms with Crippen molar-refractivity contribution in [2.45, 2.75) is 70.4 Å². The first-order valence-electron chi connectivity index (χ1n) is 12.1. The molecule has 1 aromatic rings. The minimum absolute atomic E-state index is 0.00273. The zero-order valence-corrected chi connectivity index (χ0v) is 19.5. The maximum absolute atomic E-state index is 12.9. The lowest BCUT2D eigenvalue weighted by Crippen LogP contribution is -2.51. The van der Waals surface area contributed by atoms with E-state index in [9.17, 15) is 14.4 Å². The second kappa shape index (κ2) is 9.61. The molecule has 0 aromatic heterocycles. The van der Waals surface area contributed by atoms with Gasteiger partial charge in [0.15, 0.2) is 0 Å². The van der Waals surface area contributed by atoms with Crippen LogP contribution in [-0.4, -0.2) is 66.4 Å². The van der Waals surface area contributed by atoms with Crippen LogP contribution in [0.1, 0.15) is 63.9 Å². The number of fused-ring (bicyclic) bond motifs is 1. The van der Waals surface area contributed by atoms with E-state index in [2.05, 4.69) is 24.1 Å². The van der Waals surface area contributed by atoms with Crippen LogP contribution in [-0.2, 0) is 9.59 Å². The van der Waals surface area contributed by atoms with Crippen LogP contribution in [0.15, 0.2) is 24.3 Å². The van der Waals surface area contributed by atoms with E-state index in [-0.39, 0.29) is 18.2 Å². The van der Waals surface area contributed by atoms with Gasteiger partial charge in [-0.2, -0.15) is 0 Å². The Morgan fingerprint density at radius 3 is 2.53 bits per heavy atom. The maximum Gasteiger partial charge on any atom is 0.329 e. The first-order valence-corrected chi connectivity index (χ1v) is 12.1. The van der Waals surface area contributed by atoms with E-state index in [0.717, 1.165) is 23.4 Å². The van der Waals surface area contributed by atoms with Crippen LogP contribution in [0.3, 0.4) is 0 Å². The second-order valence-corrected chi connectivity index (χ2v) is 9.90. The van der Waals surface area contributed by atoms with Gasteiger partial charge in [0.05, 0.1) is 12.1 Å². The van der Waals surface area contributed by atoms with Crippen molar-refractivity contribution in [2.75, 3.05) is 31.6 Å². The zero-order chi connectivity index (χ0) is 22.8. The largest absolute Gasteiger partial charge is 0.345 e. The molecule has 7 heteroatoms. The van der Waals surface area contributed by atoms with Gasteiger partial charge < -0.3 is 15.1 Å². The number of benzene rings is 1. The summed E-state index contributed by atoms with van der Waals surface area (Å²) in [6.07, 6.45) is 6.10. The van der Waals surface area contributed by atoms with Crippen molar-refractivity contribution in [3.63, 3.8) is 0 Å². The molecule has 3 saturated heterocycles. The van der Waals surface area contributed by atoms with Crippen LogP contribution in [0.2, 0.25) is 0 Å². The molecule has 174 valence electrons. The lowest BCUT2D eigenvalue weighted by molar-refractivity contribution is -0.133. The first-order chi connectivity index (χ1) is 15.3. The normalized spacial score (nSPS) is 26.2. The van der Waals surface area contributed by atoms with Gasteiger partial charge in [-0.3, -0.25) is 9.59 Å². The summed E-state index contributed by atoms with van der Waals surface area (Å²) in [7, 11) is 1.83. The number of nitrogens with one attached hydrogen (secondary N) is 1. The van der Waals surface area contributed by atoms with Crippen molar-refractivity contribution >= 4 is 23.5 Å². The molecule has 1 aromatic carbocycles. The van der Waals surface area contributed by atoms with Crippen LogP contribution in [0.5, 0.6) is 0 Å². The van der Waals surface area contributed by atoms with Crippen LogP contribution in [0, 0.1) is 5.92 Å². The molecule has 1 N–H and O–H groups in total. The predicted molar refractivity (Wildman–Crippen MR) is 125 cm³/mol. The summed E-state index contributed by atoms with van der Waals surface area (Å²) in [4.78, 5) is 43.9. The lowest BCUT2D eigenvalue weighted by Gasteiger charge is -2.45. The molecule has 32 heavy (non-hydrogen) atoms. The summed E-state index contributed by atoms with van der Waals surface area (Å²) in [5.74, 6) is 0.416. The topological polar surface area (TPSA) is 73.0 Å². The molecular formula is C25H36N4O3. The average molecular weight is 441 g/mol. The highest BCUT2D eigenvalue weighted by atomic mass is 16.2. The van der Waals surface area contributed by atoms with Gasteiger partial charge in [0.1, 0.15) is 6.04 Å². The third kappa shape index (κ3) is 4.68. The Morgan fingerprint density at radius 2 is 1.81 bits per heavy atom. The van der Waals surface area contributed by atoms with Crippen molar-refractivity contribution in [3.05, 3.63) is 29.8 Å². The van der Waals surface area contributed by atoms with Gasteiger partial charge in [-0.05, 0) is 68.3 Å². The van der Waals surface area contributed by atoms with E-state index < -0.39 is 12.1 Å². The fourth-order valence-corrected chi connectivity index (χ4v) is 5.50. The molecule has 0 unspecified atom stereocenters. The van der Waals surface area contributed by atoms with Gasteiger partial charge in [-0.25, -0.2) is 9.69 Å². The molecule has 3 aliphatic rings. The third-order valence-electron chi connectivity index (χ3n) is 7.38. The second-order valence-electron chi connectivity index (χ2n) is 9.90. The van der Waals surface area contributed by atoms with E-state index in [0.29, 0.717) is 23.6 Å². The van der Waals surface area contributed by atoms with Crippen LogP contribution >= 0.6 is 0 Å². The zero-order valence-electron chi connectivity index (χ0n) is 19.5. The predicted octanol–water partition coefficient (Wildman–Crippen LogP) is 3.35. The number of nitrogens with zero attached hydrogens (tertiary/aromatic N) is 3. The van der Waals surface area contributed by atoms with Crippen molar-refractivity contribution < 1.29 is 14.4 Å². The Morgan fingerprint density at radius 1 is 1.09 bits per heavy atom. The smallest absolute Gasteiger partial charge is 0.329 e. The SMILES string of the molecule is CC(C)c1ccc(N2C(=O)N[C@H](CC(=O)N(C)C[C@H]3CCCN4CCCC[C@@H]34)C2=O)cc1. The number of amides is 4. The highest BCUT2D eigenvalue weighted by molar-refractivity contribution is 6.22. The van der Waals surface area contributed by atoms with E-state index in [1.807, 2.05) is 19.2 Å². The van der Waals surface area contributed by atoms with Gasteiger partial charge in [0.2, 0.25) is 5.91 Å². The summed E-state index contributed by atoms with van der Waals surface area (Å²) in [6.45, 7) is 7.26. The number of anilines is 1. The molecule has 3 aliphatic heterocycles. The van der Waals surface area contributed by atoms with Gasteiger partial charge in [-0.15, -0.1) is 0 Å². The number of rotatable bonds is 6. The number of hydrogen-bond donors (Lipinski definition) is 1. The summed E-state index contributed by atoms with van der Waals surface area (Å²) >= 11 is 0. The van der Waals surface area contributed by atoms with E-state index in [1.165, 1.54) is 38.8 Å². The van der Waals surface area contributed by atoms with Crippen LogP contribution in [0.4, 0.5) is 10.5 Å². The Bertz CT molecular complexity index is 851. The summed E-state index contributed by atoms with van der Waals surface area (Å²) in [5, 5.41) is 2.71. The van der Waals surface area contributed by atoms with E-state index in [4.69, 9.17) is 0 Å². The molecule has 4 amide bonds. The average Bonchev–Trinajstić information content (AvgIpc) is 3.06. The van der Waals surface area contributed by atoms with E-state index in [1.54, 1.807) is 17.0 Å². The summed E-state index contributed by atoms with van der Waals surface area (Å²) < 4.78 is 0. The van der Waals surface area contributed by atoms with E-state index >= 15 is 0 Å². The molecule has 0 saturated carbocycles. The van der Waals surface area contributed by atoms with Crippen molar-refractivity contribution in [1.82, 2.24) is 15.1 Å². The molecule has 4 rings (SSSR count). The third-order valence-corrected chi connectivity index (χ3v) is 7.38. The van der Waals surface area contributed by atoms with Gasteiger partial charge >= 0.3 is 6.03 Å². The highest BCUT2D eigenvalue weighted by Gasteiger charge is 2.41. The molecule has 0 radical (unpaired) electrons. The standard InChI is InChI=1S/C25H36N4O3/c1-17(2)18-9-11-20(12-10-18)29-24(31)21(26-25(29)32)15-23(30)27(3)16-19-7-6-14-28-13-5-4-8-22(19)28/h9-12,17,19,21-22H,4-8,13-16H2,1-3H3,(H,26,32)/t19-,21-,22+/m1/s1. The highest BCUT2D eigenvalue weighted by Crippen LogP contribution is 2.31. The molecule has 0 aliphatic carbocycles. The number of piperidine rings is 2. The number of carbonyl (C=O) groups excluding carboxylic acids is 3. The minimum Gasteiger partial charge on any atom is -0.345 e. The van der Waals surface area contributed by atoms with Crippen LogP contribution in [0.25, 0.3) is 0 Å². The Balaban J connectivity index is 1.35. The monoisotopic (exact) mass is 440 g/mol. The maximum atomic E-state index is 12.9. The quantitative estimate of drug-likeness (QED) is 0.689. The Labute approximate surface area is 191 Å². The van der Waals surface area contributed by atoms with Crippen LogP contribution < -0.4 is 10.2 Å². The number of hydrogen-bond acceptors (Lipinski definition) is 4. The number of carbonyl (C=O) groups is 3. The molecule has 0 spiro atoms. The van der Waals surface area contributed by atoms with Gasteiger partial charge in [0, 0.05) is 19.6 Å². The Hall–Kier alpha value is -2.41. The fourth-order valence-electron chi connectivity index (χ4n) is 5.50. The first kappa shape index (κ1) is 22.8. The minimum atomic E-state index is -0.806. The van der Waals surface area contributed by atoms with Gasteiger partial charge in [0.25, 0.3) is 5.91 Å². The van der Waals surface area contributed by atoms with Crippen molar-refractivity contribution in [3.8, 4) is 0 Å². The summed E-state index contributed by atoms with van der Waals surface area (Å²) in [6, 6.07) is 6.77.